The number of aliphatic hydroxyl groups excluding tert-OH is 1. The SMILES string of the molecule is CN(C)c1ccc(NC(O)C2=NCCc3ccc(-c4cncc(N5CCCC5)c4)cc32)cn1. The predicted molar refractivity (Wildman–Crippen MR) is 134 cm³/mol. The van der Waals surface area contributed by atoms with Crippen molar-refractivity contribution in [2.24, 2.45) is 4.99 Å². The summed E-state index contributed by atoms with van der Waals surface area (Å²) in [7, 11) is 3.90. The van der Waals surface area contributed by atoms with Crippen LogP contribution in [-0.4, -0.2) is 60.7 Å². The monoisotopic (exact) mass is 442 g/mol. The van der Waals surface area contributed by atoms with Crippen molar-refractivity contribution in [3.63, 3.8) is 0 Å². The van der Waals surface area contributed by atoms with E-state index < -0.39 is 6.23 Å². The van der Waals surface area contributed by atoms with Gasteiger partial charge in [-0.25, -0.2) is 4.98 Å². The normalized spacial score (nSPS) is 16.2. The molecule has 2 aromatic heterocycles. The molecule has 0 amide bonds. The van der Waals surface area contributed by atoms with Gasteiger partial charge < -0.3 is 20.2 Å². The summed E-state index contributed by atoms with van der Waals surface area (Å²) in [6.45, 7) is 2.85. The zero-order valence-electron chi connectivity index (χ0n) is 19.2. The van der Waals surface area contributed by atoms with Crippen LogP contribution in [0.2, 0.25) is 0 Å². The van der Waals surface area contributed by atoms with Crippen LogP contribution in [0.5, 0.6) is 0 Å². The number of hydrogen-bond donors (Lipinski definition) is 2. The molecule has 1 saturated heterocycles. The molecule has 3 aromatic rings. The van der Waals surface area contributed by atoms with Gasteiger partial charge in [-0.2, -0.15) is 0 Å². The molecule has 4 heterocycles. The molecule has 1 atom stereocenters. The smallest absolute Gasteiger partial charge is 0.168 e. The fraction of sp³-hybridized carbons (Fsp3) is 0.346. The van der Waals surface area contributed by atoms with Crippen LogP contribution in [0.4, 0.5) is 17.2 Å². The number of benzene rings is 1. The van der Waals surface area contributed by atoms with Crippen LogP contribution >= 0.6 is 0 Å². The van der Waals surface area contributed by atoms with Gasteiger partial charge in [-0.15, -0.1) is 0 Å². The fourth-order valence-electron chi connectivity index (χ4n) is 4.52. The molecule has 7 heteroatoms. The summed E-state index contributed by atoms with van der Waals surface area (Å²) in [6, 6.07) is 12.5. The lowest BCUT2D eigenvalue weighted by atomic mass is 9.92. The number of hydrogen-bond acceptors (Lipinski definition) is 7. The summed E-state index contributed by atoms with van der Waals surface area (Å²) >= 11 is 0. The van der Waals surface area contributed by atoms with Gasteiger partial charge in [0.25, 0.3) is 0 Å². The highest BCUT2D eigenvalue weighted by Crippen LogP contribution is 2.29. The lowest BCUT2D eigenvalue weighted by molar-refractivity contribution is 0.270. The third kappa shape index (κ3) is 4.54. The van der Waals surface area contributed by atoms with E-state index in [-0.39, 0.29) is 0 Å². The molecule has 7 nitrogen and oxygen atoms in total. The number of aromatic nitrogens is 2. The highest BCUT2D eigenvalue weighted by molar-refractivity contribution is 6.07. The van der Waals surface area contributed by atoms with Crippen LogP contribution in [0.25, 0.3) is 11.1 Å². The van der Waals surface area contributed by atoms with E-state index in [2.05, 4.69) is 49.4 Å². The van der Waals surface area contributed by atoms with E-state index in [1.807, 2.05) is 43.5 Å². The van der Waals surface area contributed by atoms with Crippen LogP contribution in [-0.2, 0) is 6.42 Å². The van der Waals surface area contributed by atoms with E-state index in [1.54, 1.807) is 6.20 Å². The highest BCUT2D eigenvalue weighted by Gasteiger charge is 2.22. The summed E-state index contributed by atoms with van der Waals surface area (Å²) in [6.07, 6.45) is 8.02. The van der Waals surface area contributed by atoms with E-state index in [4.69, 9.17) is 0 Å². The van der Waals surface area contributed by atoms with Crippen LogP contribution in [0, 0.1) is 0 Å². The topological polar surface area (TPSA) is 76.9 Å². The Labute approximate surface area is 194 Å². The molecule has 0 aliphatic carbocycles. The fourth-order valence-corrected chi connectivity index (χ4v) is 4.52. The van der Waals surface area contributed by atoms with Gasteiger partial charge in [0.2, 0.25) is 0 Å². The molecule has 1 aromatic carbocycles. The molecule has 2 N–H and O–H groups in total. The zero-order valence-corrected chi connectivity index (χ0v) is 19.2. The van der Waals surface area contributed by atoms with Gasteiger partial charge >= 0.3 is 0 Å². The molecule has 33 heavy (non-hydrogen) atoms. The Morgan fingerprint density at radius 2 is 1.85 bits per heavy atom. The molecule has 5 rings (SSSR count). The lowest BCUT2D eigenvalue weighted by Gasteiger charge is -2.23. The Hall–Kier alpha value is -3.45. The highest BCUT2D eigenvalue weighted by atomic mass is 16.3. The molecule has 170 valence electrons. The van der Waals surface area contributed by atoms with Gasteiger partial charge in [0.1, 0.15) is 5.82 Å². The molecule has 1 fully saturated rings. The summed E-state index contributed by atoms with van der Waals surface area (Å²) in [4.78, 5) is 17.9. The maximum absolute atomic E-state index is 11.0. The van der Waals surface area contributed by atoms with Crippen molar-refractivity contribution in [3.8, 4) is 11.1 Å². The van der Waals surface area contributed by atoms with Crippen molar-refractivity contribution in [3.05, 3.63) is 66.1 Å². The van der Waals surface area contributed by atoms with Gasteiger partial charge in [-0.1, -0.05) is 12.1 Å². The van der Waals surface area contributed by atoms with E-state index in [1.165, 1.54) is 24.1 Å². The largest absolute Gasteiger partial charge is 0.370 e. The van der Waals surface area contributed by atoms with Crippen molar-refractivity contribution in [1.29, 1.82) is 0 Å². The van der Waals surface area contributed by atoms with E-state index >= 15 is 0 Å². The molecule has 1 unspecified atom stereocenters. The standard InChI is InChI=1S/C26H30N6O/c1-31(2)24-8-7-21(16-29-24)30-26(33)25-23-14-19(6-5-18(23)9-10-28-25)20-13-22(17-27-15-20)32-11-3-4-12-32/h5-8,13-17,26,30,33H,3-4,9-12H2,1-2H3. The zero-order chi connectivity index (χ0) is 22.8. The van der Waals surface area contributed by atoms with E-state index in [0.717, 1.165) is 47.7 Å². The summed E-state index contributed by atoms with van der Waals surface area (Å²) in [5, 5.41) is 14.2. The third-order valence-corrected chi connectivity index (χ3v) is 6.35. The van der Waals surface area contributed by atoms with E-state index in [9.17, 15) is 5.11 Å². The maximum atomic E-state index is 11.0. The van der Waals surface area contributed by atoms with Gasteiger partial charge in [-0.05, 0) is 54.7 Å². The van der Waals surface area contributed by atoms with Crippen molar-refractivity contribution in [2.45, 2.75) is 25.5 Å². The minimum atomic E-state index is -0.916. The average Bonchev–Trinajstić information content (AvgIpc) is 3.39. The van der Waals surface area contributed by atoms with Gasteiger partial charge in [0, 0.05) is 51.1 Å². The number of anilines is 3. The molecule has 0 spiro atoms. The minimum Gasteiger partial charge on any atom is -0.370 e. The number of aliphatic hydroxyl groups is 1. The second-order valence-corrected chi connectivity index (χ2v) is 8.86. The Morgan fingerprint density at radius 3 is 2.61 bits per heavy atom. The number of nitrogens with zero attached hydrogens (tertiary/aromatic N) is 5. The van der Waals surface area contributed by atoms with E-state index in [0.29, 0.717) is 12.3 Å². The number of nitrogens with one attached hydrogen (secondary N) is 1. The van der Waals surface area contributed by atoms with Crippen LogP contribution in [0.3, 0.4) is 0 Å². The predicted octanol–water partition coefficient (Wildman–Crippen LogP) is 3.59. The number of aliphatic imine (C=N–C) groups is 1. The van der Waals surface area contributed by atoms with Crippen molar-refractivity contribution < 1.29 is 5.11 Å². The number of fused-ring (bicyclic) bond motifs is 1. The van der Waals surface area contributed by atoms with Gasteiger partial charge in [0.15, 0.2) is 6.23 Å². The van der Waals surface area contributed by atoms with Gasteiger partial charge in [0.05, 0.1) is 29.5 Å². The summed E-state index contributed by atoms with van der Waals surface area (Å²) in [5.74, 6) is 0.866. The molecule has 2 aliphatic heterocycles. The van der Waals surface area contributed by atoms with Crippen LogP contribution in [0.15, 0.2) is 60.0 Å². The Bertz CT molecular complexity index is 1150. The molecule has 0 saturated carbocycles. The molecule has 0 bridgehead atoms. The lowest BCUT2D eigenvalue weighted by Crippen LogP contribution is -2.33. The Kier molecular flexibility index (Phi) is 5.96. The molecule has 0 radical (unpaired) electrons. The first-order valence-electron chi connectivity index (χ1n) is 11.5. The van der Waals surface area contributed by atoms with Crippen LogP contribution < -0.4 is 15.1 Å². The van der Waals surface area contributed by atoms with Crippen LogP contribution in [0.1, 0.15) is 24.0 Å². The Morgan fingerprint density at radius 1 is 1.00 bits per heavy atom. The minimum absolute atomic E-state index is 0.665. The average molecular weight is 443 g/mol. The summed E-state index contributed by atoms with van der Waals surface area (Å²) < 4.78 is 0. The van der Waals surface area contributed by atoms with Gasteiger partial charge in [-0.3, -0.25) is 9.98 Å². The molecular weight excluding hydrogens is 412 g/mol. The third-order valence-electron chi connectivity index (χ3n) is 6.35. The van der Waals surface area contributed by atoms with Crippen molar-refractivity contribution in [2.75, 3.05) is 48.8 Å². The van der Waals surface area contributed by atoms with Crippen molar-refractivity contribution in [1.82, 2.24) is 9.97 Å². The second kappa shape index (κ2) is 9.19. The molecular formula is C26H30N6O. The Balaban J connectivity index is 1.40. The first-order chi connectivity index (χ1) is 16.1. The maximum Gasteiger partial charge on any atom is 0.168 e. The first kappa shape index (κ1) is 21.4. The number of pyridine rings is 2. The second-order valence-electron chi connectivity index (χ2n) is 8.86. The first-order valence-corrected chi connectivity index (χ1v) is 11.5. The van der Waals surface area contributed by atoms with Crippen molar-refractivity contribution >= 4 is 22.9 Å². The summed E-state index contributed by atoms with van der Waals surface area (Å²) in [5.41, 5.74) is 6.95. The quantitative estimate of drug-likeness (QED) is 0.568. The number of rotatable bonds is 6. The molecule has 2 aliphatic rings.